The van der Waals surface area contributed by atoms with E-state index in [4.69, 9.17) is 43.0 Å². The Morgan fingerprint density at radius 3 is 1.74 bits per heavy atom. The van der Waals surface area contributed by atoms with Gasteiger partial charge in [0.15, 0.2) is 12.6 Å². The van der Waals surface area contributed by atoms with Gasteiger partial charge in [0.2, 0.25) is 17.7 Å². The van der Waals surface area contributed by atoms with Crippen molar-refractivity contribution in [2.45, 2.75) is 171 Å². The van der Waals surface area contributed by atoms with Crippen LogP contribution in [0.3, 0.4) is 0 Å². The van der Waals surface area contributed by atoms with Crippen LogP contribution >= 0.6 is 0 Å². The molecule has 1 aromatic carbocycles. The van der Waals surface area contributed by atoms with E-state index in [2.05, 4.69) is 96.6 Å². The fraction of sp³-hybridized carbons (Fsp3) is 0.621. The number of hydrogen-bond acceptors (Lipinski definition) is 16. The second-order valence-corrected chi connectivity index (χ2v) is 18.8. The molecule has 0 aromatic heterocycles. The Bertz CT molecular complexity index is 2010. The summed E-state index contributed by atoms with van der Waals surface area (Å²) in [4.78, 5) is 50.6. The van der Waals surface area contributed by atoms with Crippen molar-refractivity contribution in [3.63, 3.8) is 0 Å². The van der Waals surface area contributed by atoms with E-state index in [1.807, 2.05) is 6.08 Å². The highest BCUT2D eigenvalue weighted by atomic mass is 16.7. The molecule has 20 heteroatoms. The Morgan fingerprint density at radius 2 is 1.17 bits per heavy atom. The summed E-state index contributed by atoms with van der Waals surface area (Å²) in [5.74, 6) is -2.00. The number of carboxylic acid groups (broad SMARTS) is 1. The zero-order valence-electron chi connectivity index (χ0n) is 46.1. The number of carboxylic acids is 1. The predicted molar refractivity (Wildman–Crippen MR) is 293 cm³/mol. The number of ether oxygens (including phenoxy) is 8. The van der Waals surface area contributed by atoms with Gasteiger partial charge in [-0.2, -0.15) is 0 Å². The van der Waals surface area contributed by atoms with Gasteiger partial charge >= 0.3 is 5.97 Å². The number of aliphatic carboxylic acids is 1. The van der Waals surface area contributed by atoms with Crippen molar-refractivity contribution < 1.29 is 82.6 Å². The topological polar surface area (TPSA) is 279 Å². The summed E-state index contributed by atoms with van der Waals surface area (Å²) >= 11 is 0. The third-order valence-electron chi connectivity index (χ3n) is 12.5. The van der Waals surface area contributed by atoms with Crippen molar-refractivity contribution in [1.29, 1.82) is 0 Å². The third-order valence-corrected chi connectivity index (χ3v) is 12.5. The van der Waals surface area contributed by atoms with Gasteiger partial charge in [0, 0.05) is 33.6 Å². The highest BCUT2D eigenvalue weighted by Gasteiger charge is 2.49. The number of methoxy groups -OCH3 is 2. The number of hydrogen-bond donors (Lipinski definition) is 8. The Balaban J connectivity index is 1.47. The van der Waals surface area contributed by atoms with E-state index in [1.54, 1.807) is 24.3 Å². The molecule has 3 amide bonds. The zero-order valence-corrected chi connectivity index (χ0v) is 46.1. The predicted octanol–water partition coefficient (Wildman–Crippen LogP) is 4.83. The first-order valence-corrected chi connectivity index (χ1v) is 27.4. The van der Waals surface area contributed by atoms with Crippen LogP contribution in [0, 0.1) is 0 Å². The highest BCUT2D eigenvalue weighted by molar-refractivity contribution is 5.88. The molecule has 3 rings (SSSR count). The summed E-state index contributed by atoms with van der Waals surface area (Å²) in [6, 6.07) is 5.99. The zero-order chi connectivity index (χ0) is 56.8. The van der Waals surface area contributed by atoms with Crippen LogP contribution in [0.5, 0.6) is 5.75 Å². The number of carbonyl (C=O) groups excluding carboxylic acids is 3. The monoisotopic (exact) mass is 1100 g/mol. The lowest BCUT2D eigenvalue weighted by Crippen LogP contribution is -2.63. The fourth-order valence-corrected chi connectivity index (χ4v) is 8.27. The smallest absolute Gasteiger partial charge is 0.329 e. The van der Waals surface area contributed by atoms with Crippen molar-refractivity contribution in [1.82, 2.24) is 16.0 Å². The van der Waals surface area contributed by atoms with E-state index >= 15 is 0 Å². The van der Waals surface area contributed by atoms with Gasteiger partial charge in [0.1, 0.15) is 80.4 Å². The minimum absolute atomic E-state index is 0.0751. The van der Waals surface area contributed by atoms with Gasteiger partial charge < -0.3 is 79.4 Å². The van der Waals surface area contributed by atoms with Crippen LogP contribution in [-0.4, -0.2) is 177 Å². The summed E-state index contributed by atoms with van der Waals surface area (Å²) in [5.41, 5.74) is 0.713. The first-order chi connectivity index (χ1) is 37.8. The standard InChI is InChI=1S/C58H89N3O17/c1-5-7-9-11-12-13-14-15-16-17-18-19-20-21-22-23-24-25-27-29-47(62)59-35-36-73-43-32-30-42(31-33-43)37-44(56(70)60-34-28-26-10-8-6-2)61-48(63)40-74-54-51(67)46(77-57(72-4)52(54)68)39-76-58-53(69)55(75-41-49(64)65)50(66)45(78-58)38-71-3/h7,9,12-13,15-16,18-19,21-22,24-25,30-33,44-46,50-55,57-58,66-69H,5-6,8,10-11,14,17,20,23,26-29,34-41H2,1-4H3,(H,59,62)(H,60,70)(H,61,63)(H,64,65)/b9-7-,13-12-,16-15-,19-18-,22-21-,25-24-/t44-,45?,46?,50+,51+,52?,53?,54-,55-,57+,58+/m0/s1. The van der Waals surface area contributed by atoms with Crippen molar-refractivity contribution in [3.05, 3.63) is 103 Å². The molecule has 0 radical (unpaired) electrons. The molecule has 0 bridgehead atoms. The normalized spacial score (nSPS) is 24.3. The maximum absolute atomic E-state index is 13.6. The molecule has 78 heavy (non-hydrogen) atoms. The molecule has 20 nitrogen and oxygen atoms in total. The molecule has 4 unspecified atom stereocenters. The SMILES string of the molecule is CC/C=C\C/C=C\C/C=C\C/C=C\C/C=C\C/C=C\CCC(=O)NCCOc1ccc(C[C@H](NC(=O)CO[C@@H]2C(O)[C@H](OC)OC(CO[C@@H]3OC(COC)[C@@H](O)[C@H](OCC(=O)O)C3O)[C@H]2O)C(=O)NCCCCCCC)cc1. The summed E-state index contributed by atoms with van der Waals surface area (Å²) < 4.78 is 44.4. The van der Waals surface area contributed by atoms with Crippen LogP contribution in [0.2, 0.25) is 0 Å². The van der Waals surface area contributed by atoms with Gasteiger partial charge in [0.05, 0.1) is 19.8 Å². The van der Waals surface area contributed by atoms with Crippen LogP contribution in [0.15, 0.2) is 97.2 Å². The molecular weight excluding hydrogens is 1010 g/mol. The Hall–Kier alpha value is -5.10. The molecule has 8 N–H and O–H groups in total. The molecule has 2 heterocycles. The molecule has 11 atom stereocenters. The molecular formula is C58H89N3O17. The van der Waals surface area contributed by atoms with E-state index in [0.717, 1.165) is 70.6 Å². The Morgan fingerprint density at radius 1 is 0.615 bits per heavy atom. The largest absolute Gasteiger partial charge is 0.492 e. The van der Waals surface area contributed by atoms with Crippen LogP contribution in [0.1, 0.15) is 103 Å². The van der Waals surface area contributed by atoms with Crippen molar-refractivity contribution in [3.8, 4) is 5.75 Å². The lowest BCUT2D eigenvalue weighted by molar-refractivity contribution is -0.333. The molecule has 0 spiro atoms. The number of aliphatic hydroxyl groups is 4. The van der Waals surface area contributed by atoms with Crippen LogP contribution in [0.25, 0.3) is 0 Å². The average Bonchev–Trinajstić information content (AvgIpc) is 3.43. The number of carbonyl (C=O) groups is 4. The van der Waals surface area contributed by atoms with Crippen LogP contribution in [0.4, 0.5) is 0 Å². The first-order valence-electron chi connectivity index (χ1n) is 27.4. The molecule has 2 saturated heterocycles. The second-order valence-electron chi connectivity index (χ2n) is 18.8. The van der Waals surface area contributed by atoms with E-state index in [0.29, 0.717) is 37.2 Å². The number of unbranched alkanes of at least 4 members (excludes halogenated alkanes) is 4. The van der Waals surface area contributed by atoms with Crippen molar-refractivity contribution in [2.75, 3.05) is 60.3 Å². The molecule has 0 aliphatic carbocycles. The van der Waals surface area contributed by atoms with Gasteiger partial charge in [-0.25, -0.2) is 4.79 Å². The minimum Gasteiger partial charge on any atom is -0.492 e. The Labute approximate surface area is 460 Å². The molecule has 2 aliphatic rings. The van der Waals surface area contributed by atoms with Gasteiger partial charge in [-0.3, -0.25) is 14.4 Å². The summed E-state index contributed by atoms with van der Waals surface area (Å²) in [7, 11) is 2.59. The quantitative estimate of drug-likeness (QED) is 0.0323. The maximum atomic E-state index is 13.6. The average molecular weight is 1100 g/mol. The summed E-state index contributed by atoms with van der Waals surface area (Å²) in [5, 5.41) is 61.6. The number of allylic oxidation sites excluding steroid dienone is 12. The number of aliphatic hydroxyl groups excluding tert-OH is 4. The van der Waals surface area contributed by atoms with Crippen LogP contribution in [-0.2, 0) is 58.8 Å². The van der Waals surface area contributed by atoms with E-state index in [9.17, 15) is 39.6 Å². The van der Waals surface area contributed by atoms with Crippen molar-refractivity contribution in [2.24, 2.45) is 0 Å². The van der Waals surface area contributed by atoms with Gasteiger partial charge in [-0.1, -0.05) is 125 Å². The molecule has 2 aliphatic heterocycles. The minimum atomic E-state index is -1.69. The maximum Gasteiger partial charge on any atom is 0.329 e. The highest BCUT2D eigenvalue weighted by Crippen LogP contribution is 2.28. The lowest BCUT2D eigenvalue weighted by atomic mass is 9.98. The van der Waals surface area contributed by atoms with Crippen molar-refractivity contribution >= 4 is 23.7 Å². The fourth-order valence-electron chi connectivity index (χ4n) is 8.27. The number of nitrogens with one attached hydrogen (secondary N) is 3. The summed E-state index contributed by atoms with van der Waals surface area (Å²) in [6.07, 6.45) is 22.8. The molecule has 1 aromatic rings. The number of benzene rings is 1. The van der Waals surface area contributed by atoms with Crippen LogP contribution < -0.4 is 20.7 Å². The molecule has 438 valence electrons. The second kappa shape index (κ2) is 41.0. The van der Waals surface area contributed by atoms with E-state index in [1.165, 1.54) is 14.2 Å². The molecule has 0 saturated carbocycles. The first kappa shape index (κ1) is 67.2. The van der Waals surface area contributed by atoms with Gasteiger partial charge in [-0.05, 0) is 69.1 Å². The third kappa shape index (κ3) is 27.2. The van der Waals surface area contributed by atoms with E-state index < -0.39 is 105 Å². The van der Waals surface area contributed by atoms with E-state index in [-0.39, 0.29) is 25.5 Å². The number of rotatable bonds is 40. The summed E-state index contributed by atoms with van der Waals surface area (Å²) in [6.45, 7) is 3.02. The Kier molecular flexibility index (Phi) is 35.3. The van der Waals surface area contributed by atoms with Gasteiger partial charge in [0.25, 0.3) is 0 Å². The number of amides is 3. The molecule has 2 fully saturated rings. The van der Waals surface area contributed by atoms with Gasteiger partial charge in [-0.15, -0.1) is 0 Å². The lowest BCUT2D eigenvalue weighted by Gasteiger charge is -2.44.